The van der Waals surface area contributed by atoms with E-state index in [0.717, 1.165) is 39.5 Å². The van der Waals surface area contributed by atoms with Gasteiger partial charge in [-0.1, -0.05) is 54.1 Å². The zero-order valence-electron chi connectivity index (χ0n) is 14.3. The summed E-state index contributed by atoms with van der Waals surface area (Å²) in [5.74, 6) is 0.785. The molecule has 5 rings (SSSR count). The van der Waals surface area contributed by atoms with Crippen LogP contribution in [0.2, 0.25) is 5.02 Å². The van der Waals surface area contributed by atoms with Crippen molar-refractivity contribution in [3.63, 3.8) is 0 Å². The van der Waals surface area contributed by atoms with E-state index in [1.165, 1.54) is 0 Å². The van der Waals surface area contributed by atoms with Gasteiger partial charge in [-0.25, -0.2) is 9.67 Å². The number of hydrogen-bond donors (Lipinski definition) is 1. The molecular weight excluding hydrogens is 356 g/mol. The van der Waals surface area contributed by atoms with Crippen LogP contribution in [0, 0.1) is 0 Å². The molecule has 27 heavy (non-hydrogen) atoms. The molecule has 4 nitrogen and oxygen atoms in total. The summed E-state index contributed by atoms with van der Waals surface area (Å²) in [5.41, 5.74) is 5.69. The molecule has 0 fully saturated rings. The van der Waals surface area contributed by atoms with Crippen molar-refractivity contribution in [2.75, 3.05) is 0 Å². The Morgan fingerprint density at radius 1 is 0.815 bits per heavy atom. The Morgan fingerprint density at radius 2 is 1.56 bits per heavy atom. The first-order valence-electron chi connectivity index (χ1n) is 8.64. The molecule has 1 N–H and O–H groups in total. The number of H-pyrrole nitrogens is 1. The fourth-order valence-corrected chi connectivity index (χ4v) is 3.28. The van der Waals surface area contributed by atoms with Gasteiger partial charge in [0.2, 0.25) is 0 Å². The lowest BCUT2D eigenvalue weighted by Crippen LogP contribution is -1.99. The van der Waals surface area contributed by atoms with Crippen molar-refractivity contribution < 1.29 is 0 Å². The summed E-state index contributed by atoms with van der Waals surface area (Å²) in [6.07, 6.45) is 0. The van der Waals surface area contributed by atoms with Crippen LogP contribution in [0.3, 0.4) is 0 Å². The van der Waals surface area contributed by atoms with Crippen LogP contribution in [-0.4, -0.2) is 19.7 Å². The minimum Gasteiger partial charge on any atom is -0.337 e. The summed E-state index contributed by atoms with van der Waals surface area (Å²) < 4.78 is 1.92. The average Bonchev–Trinajstić information content (AvgIpc) is 3.33. The Kier molecular flexibility index (Phi) is 3.77. The molecule has 0 atom stereocenters. The van der Waals surface area contributed by atoms with E-state index in [2.05, 4.69) is 4.98 Å². The van der Waals surface area contributed by atoms with Gasteiger partial charge in [0.15, 0.2) is 5.82 Å². The van der Waals surface area contributed by atoms with Crippen LogP contribution in [0.5, 0.6) is 0 Å². The summed E-state index contributed by atoms with van der Waals surface area (Å²) in [4.78, 5) is 8.16. The van der Waals surface area contributed by atoms with E-state index in [1.807, 2.05) is 89.6 Å². The number of hydrogen-bond acceptors (Lipinski definition) is 2. The number of aromatic amines is 1. The summed E-state index contributed by atoms with van der Waals surface area (Å²) >= 11 is 6.03. The SMILES string of the molecule is Clc1ccc(-c2cc(-c3nc4ccccc4[nH]3)n(-c3ccccc3)n2)cc1. The maximum Gasteiger partial charge on any atom is 0.157 e. The first-order valence-corrected chi connectivity index (χ1v) is 9.02. The van der Waals surface area contributed by atoms with Gasteiger partial charge >= 0.3 is 0 Å². The molecule has 0 aliphatic carbocycles. The van der Waals surface area contributed by atoms with Gasteiger partial charge in [0.05, 0.1) is 22.4 Å². The maximum atomic E-state index is 6.03. The number of fused-ring (bicyclic) bond motifs is 1. The van der Waals surface area contributed by atoms with Crippen molar-refractivity contribution in [1.29, 1.82) is 0 Å². The van der Waals surface area contributed by atoms with Gasteiger partial charge in [-0.2, -0.15) is 5.10 Å². The van der Waals surface area contributed by atoms with Crippen molar-refractivity contribution in [1.82, 2.24) is 19.7 Å². The predicted molar refractivity (Wildman–Crippen MR) is 109 cm³/mol. The zero-order chi connectivity index (χ0) is 18.2. The van der Waals surface area contributed by atoms with Crippen LogP contribution >= 0.6 is 11.6 Å². The Hall–Kier alpha value is -3.37. The first-order chi connectivity index (χ1) is 13.3. The molecule has 3 aromatic carbocycles. The number of aromatic nitrogens is 4. The van der Waals surface area contributed by atoms with Crippen molar-refractivity contribution in [3.8, 4) is 28.5 Å². The van der Waals surface area contributed by atoms with E-state index in [-0.39, 0.29) is 0 Å². The number of halogens is 1. The number of rotatable bonds is 3. The van der Waals surface area contributed by atoms with E-state index >= 15 is 0 Å². The first kappa shape index (κ1) is 15.9. The average molecular weight is 371 g/mol. The molecule has 0 saturated carbocycles. The molecule has 0 aliphatic rings. The monoisotopic (exact) mass is 370 g/mol. The van der Waals surface area contributed by atoms with Gasteiger partial charge in [-0.3, -0.25) is 0 Å². The molecule has 5 heteroatoms. The summed E-state index contributed by atoms with van der Waals surface area (Å²) in [6.45, 7) is 0. The summed E-state index contributed by atoms with van der Waals surface area (Å²) in [6, 6.07) is 27.8. The van der Waals surface area contributed by atoms with E-state index < -0.39 is 0 Å². The Bertz CT molecular complexity index is 1190. The number of nitrogens with one attached hydrogen (secondary N) is 1. The molecule has 0 aliphatic heterocycles. The van der Waals surface area contributed by atoms with E-state index in [9.17, 15) is 0 Å². The van der Waals surface area contributed by atoms with Crippen LogP contribution in [0.1, 0.15) is 0 Å². The second-order valence-corrected chi connectivity index (χ2v) is 6.71. The van der Waals surface area contributed by atoms with Crippen molar-refractivity contribution in [2.24, 2.45) is 0 Å². The third-order valence-electron chi connectivity index (χ3n) is 4.48. The normalized spacial score (nSPS) is 11.1. The van der Waals surface area contributed by atoms with Crippen LogP contribution in [0.15, 0.2) is 84.9 Å². The number of benzene rings is 3. The van der Waals surface area contributed by atoms with E-state index in [0.29, 0.717) is 5.02 Å². The van der Waals surface area contributed by atoms with E-state index in [4.69, 9.17) is 21.7 Å². The van der Waals surface area contributed by atoms with Gasteiger partial charge < -0.3 is 4.98 Å². The highest BCUT2D eigenvalue weighted by Crippen LogP contribution is 2.29. The Morgan fingerprint density at radius 3 is 2.33 bits per heavy atom. The lowest BCUT2D eigenvalue weighted by molar-refractivity contribution is 0.885. The van der Waals surface area contributed by atoms with Gasteiger partial charge in [0, 0.05) is 10.6 Å². The molecule has 0 unspecified atom stereocenters. The topological polar surface area (TPSA) is 46.5 Å². The lowest BCUT2D eigenvalue weighted by atomic mass is 10.1. The molecule has 2 heterocycles. The van der Waals surface area contributed by atoms with Gasteiger partial charge in [0.25, 0.3) is 0 Å². The Balaban J connectivity index is 1.71. The highest BCUT2D eigenvalue weighted by Gasteiger charge is 2.16. The molecule has 2 aromatic heterocycles. The second-order valence-electron chi connectivity index (χ2n) is 6.27. The van der Waals surface area contributed by atoms with Gasteiger partial charge in [-0.15, -0.1) is 0 Å². The lowest BCUT2D eigenvalue weighted by Gasteiger charge is -2.05. The summed E-state index contributed by atoms with van der Waals surface area (Å²) in [7, 11) is 0. The number of nitrogens with zero attached hydrogens (tertiary/aromatic N) is 3. The zero-order valence-corrected chi connectivity index (χ0v) is 15.1. The highest BCUT2D eigenvalue weighted by molar-refractivity contribution is 6.30. The second kappa shape index (κ2) is 6.41. The number of imidazole rings is 1. The van der Waals surface area contributed by atoms with Crippen LogP contribution < -0.4 is 0 Å². The molecular formula is C22H15ClN4. The quantitative estimate of drug-likeness (QED) is 0.440. The van der Waals surface area contributed by atoms with Crippen LogP contribution in [0.25, 0.3) is 39.5 Å². The minimum atomic E-state index is 0.707. The standard InChI is InChI=1S/C22H15ClN4/c23-16-12-10-15(11-13-16)20-14-21(27(26-20)17-6-2-1-3-7-17)22-24-18-8-4-5-9-19(18)25-22/h1-14H,(H,24,25). The summed E-state index contributed by atoms with van der Waals surface area (Å²) in [5, 5.41) is 5.55. The molecule has 5 aromatic rings. The number of para-hydroxylation sites is 3. The molecule has 0 radical (unpaired) electrons. The van der Waals surface area contributed by atoms with Gasteiger partial charge in [0.1, 0.15) is 5.69 Å². The Labute approximate surface area is 161 Å². The smallest absolute Gasteiger partial charge is 0.157 e. The third-order valence-corrected chi connectivity index (χ3v) is 4.73. The highest BCUT2D eigenvalue weighted by atomic mass is 35.5. The predicted octanol–water partition coefficient (Wildman–Crippen LogP) is 5.74. The minimum absolute atomic E-state index is 0.707. The van der Waals surface area contributed by atoms with Gasteiger partial charge in [-0.05, 0) is 42.5 Å². The molecule has 0 bridgehead atoms. The third kappa shape index (κ3) is 2.90. The fourth-order valence-electron chi connectivity index (χ4n) is 3.15. The van der Waals surface area contributed by atoms with Crippen molar-refractivity contribution in [3.05, 3.63) is 90.0 Å². The van der Waals surface area contributed by atoms with Crippen LogP contribution in [0.4, 0.5) is 0 Å². The molecule has 0 amide bonds. The maximum absolute atomic E-state index is 6.03. The fraction of sp³-hybridized carbons (Fsp3) is 0. The molecule has 0 saturated heterocycles. The largest absolute Gasteiger partial charge is 0.337 e. The molecule has 130 valence electrons. The molecule has 0 spiro atoms. The van der Waals surface area contributed by atoms with Crippen LogP contribution in [-0.2, 0) is 0 Å². The van der Waals surface area contributed by atoms with Crippen molar-refractivity contribution >= 4 is 22.6 Å². The van der Waals surface area contributed by atoms with E-state index in [1.54, 1.807) is 0 Å². The van der Waals surface area contributed by atoms with Crippen molar-refractivity contribution in [2.45, 2.75) is 0 Å².